The van der Waals surface area contributed by atoms with Crippen LogP contribution >= 0.6 is 0 Å². The van der Waals surface area contributed by atoms with Gasteiger partial charge in [0.1, 0.15) is 5.60 Å². The maximum atomic E-state index is 13.3. The fourth-order valence-corrected chi connectivity index (χ4v) is 4.42. The lowest BCUT2D eigenvalue weighted by molar-refractivity contribution is -0.160. The lowest BCUT2D eigenvalue weighted by Crippen LogP contribution is -2.55. The number of rotatable bonds is 6. The lowest BCUT2D eigenvalue weighted by Gasteiger charge is -2.41. The normalized spacial score (nSPS) is 19.6. The van der Waals surface area contributed by atoms with E-state index in [4.69, 9.17) is 4.74 Å². The van der Waals surface area contributed by atoms with Crippen molar-refractivity contribution in [3.63, 3.8) is 0 Å². The zero-order valence-electron chi connectivity index (χ0n) is 18.0. The molecule has 6 nitrogen and oxygen atoms in total. The molecule has 0 bridgehead atoms. The minimum atomic E-state index is -0.705. The van der Waals surface area contributed by atoms with E-state index in [9.17, 15) is 4.79 Å². The van der Waals surface area contributed by atoms with Gasteiger partial charge >= 0.3 is 0 Å². The standard InChI is InChI=1S/C22H36N4O2/c1-17(2)10-13-26-14-11-22(28-4,12-15-26)21(27)25(3)16-20-18-8-6-5-7-9-19(18)23-24-20/h10H,5-9,11-16H2,1-4H3,(H,23,24). The van der Waals surface area contributed by atoms with Gasteiger partial charge in [-0.25, -0.2) is 0 Å². The van der Waals surface area contributed by atoms with Crippen LogP contribution in [0, 0.1) is 0 Å². The van der Waals surface area contributed by atoms with Crippen molar-refractivity contribution >= 4 is 5.91 Å². The molecule has 1 amide bonds. The average molecular weight is 389 g/mol. The molecule has 6 heteroatoms. The topological polar surface area (TPSA) is 61.5 Å². The van der Waals surface area contributed by atoms with Crippen LogP contribution in [0.3, 0.4) is 0 Å². The Morgan fingerprint density at radius 2 is 1.96 bits per heavy atom. The molecule has 0 saturated carbocycles. The van der Waals surface area contributed by atoms with Gasteiger partial charge in [-0.15, -0.1) is 0 Å². The molecule has 1 N–H and O–H groups in total. The van der Waals surface area contributed by atoms with Crippen molar-refractivity contribution in [2.75, 3.05) is 33.8 Å². The number of H-pyrrole nitrogens is 1. The molecule has 156 valence electrons. The van der Waals surface area contributed by atoms with E-state index in [1.54, 1.807) is 7.11 Å². The van der Waals surface area contributed by atoms with E-state index in [-0.39, 0.29) is 5.91 Å². The zero-order valence-corrected chi connectivity index (χ0v) is 18.0. The van der Waals surface area contributed by atoms with Gasteiger partial charge in [-0.1, -0.05) is 18.1 Å². The van der Waals surface area contributed by atoms with Gasteiger partial charge in [0, 0.05) is 39.5 Å². The third kappa shape index (κ3) is 4.66. The Kier molecular flexibility index (Phi) is 6.94. The van der Waals surface area contributed by atoms with Gasteiger partial charge in [-0.05, 0) is 57.9 Å². The first-order valence-electron chi connectivity index (χ1n) is 10.7. The molecule has 1 saturated heterocycles. The van der Waals surface area contributed by atoms with Crippen molar-refractivity contribution in [3.05, 3.63) is 28.6 Å². The highest BCUT2D eigenvalue weighted by atomic mass is 16.5. The van der Waals surface area contributed by atoms with E-state index < -0.39 is 5.60 Å². The van der Waals surface area contributed by atoms with E-state index in [1.165, 1.54) is 36.1 Å². The number of carbonyl (C=O) groups is 1. The summed E-state index contributed by atoms with van der Waals surface area (Å²) in [7, 11) is 3.56. The minimum absolute atomic E-state index is 0.0854. The fraction of sp³-hybridized carbons (Fsp3) is 0.727. The molecule has 1 aliphatic carbocycles. The second-order valence-corrected chi connectivity index (χ2v) is 8.63. The Labute approximate surface area is 169 Å². The molecule has 3 rings (SSSR count). The number of hydrogen-bond donors (Lipinski definition) is 1. The number of allylic oxidation sites excluding steroid dienone is 1. The molecule has 0 atom stereocenters. The fourth-order valence-electron chi connectivity index (χ4n) is 4.42. The number of amides is 1. The average Bonchev–Trinajstić information content (AvgIpc) is 2.92. The van der Waals surface area contributed by atoms with Crippen LogP contribution in [-0.4, -0.2) is 65.3 Å². The molecule has 0 radical (unpaired) electrons. The highest BCUT2D eigenvalue weighted by Gasteiger charge is 2.43. The van der Waals surface area contributed by atoms with Crippen molar-refractivity contribution in [1.29, 1.82) is 0 Å². The molecule has 2 heterocycles. The number of likely N-dealkylation sites (N-methyl/N-ethyl adjacent to an activating group) is 1. The first-order valence-corrected chi connectivity index (χ1v) is 10.7. The third-order valence-electron chi connectivity index (χ3n) is 6.33. The Morgan fingerprint density at radius 1 is 1.25 bits per heavy atom. The Morgan fingerprint density at radius 3 is 2.64 bits per heavy atom. The van der Waals surface area contributed by atoms with Crippen LogP contribution in [0.4, 0.5) is 0 Å². The van der Waals surface area contributed by atoms with Crippen LogP contribution in [0.5, 0.6) is 0 Å². The molecule has 0 spiro atoms. The van der Waals surface area contributed by atoms with Crippen LogP contribution in [0.15, 0.2) is 11.6 Å². The van der Waals surface area contributed by atoms with Crippen molar-refractivity contribution in [1.82, 2.24) is 20.0 Å². The summed E-state index contributed by atoms with van der Waals surface area (Å²) in [6.07, 6.45) is 9.56. The van der Waals surface area contributed by atoms with Gasteiger partial charge in [0.2, 0.25) is 0 Å². The molecule has 1 aliphatic heterocycles. The number of likely N-dealkylation sites (tertiary alicyclic amines) is 1. The number of nitrogens with one attached hydrogen (secondary N) is 1. The largest absolute Gasteiger partial charge is 0.368 e. The maximum Gasteiger partial charge on any atom is 0.255 e. The minimum Gasteiger partial charge on any atom is -0.368 e. The van der Waals surface area contributed by atoms with Crippen molar-refractivity contribution in [3.8, 4) is 0 Å². The predicted octanol–water partition coefficient (Wildman–Crippen LogP) is 3.08. The molecule has 0 unspecified atom stereocenters. The number of fused-ring (bicyclic) bond motifs is 1. The first kappa shape index (κ1) is 21.1. The van der Waals surface area contributed by atoms with Gasteiger partial charge in [0.05, 0.1) is 12.2 Å². The van der Waals surface area contributed by atoms with Crippen molar-refractivity contribution in [2.24, 2.45) is 0 Å². The highest BCUT2D eigenvalue weighted by molar-refractivity contribution is 5.85. The number of ether oxygens (including phenoxy) is 1. The van der Waals surface area contributed by atoms with Gasteiger partial charge < -0.3 is 9.64 Å². The molecule has 1 aromatic rings. The number of aromatic amines is 1. The summed E-state index contributed by atoms with van der Waals surface area (Å²) in [5.74, 6) is 0.0854. The molecule has 1 aromatic heterocycles. The Balaban J connectivity index is 1.63. The van der Waals surface area contributed by atoms with Gasteiger partial charge in [0.15, 0.2) is 0 Å². The second kappa shape index (κ2) is 9.23. The van der Waals surface area contributed by atoms with E-state index in [1.807, 2.05) is 11.9 Å². The van der Waals surface area contributed by atoms with E-state index in [2.05, 4.69) is 35.0 Å². The van der Waals surface area contributed by atoms with E-state index in [0.29, 0.717) is 6.54 Å². The molecule has 0 aromatic carbocycles. The quantitative estimate of drug-likeness (QED) is 0.601. The SMILES string of the molecule is COC1(C(=O)N(C)Cc2n[nH]c3c2CCCCC3)CCN(CC=C(C)C)CC1. The molecule has 28 heavy (non-hydrogen) atoms. The van der Waals surface area contributed by atoms with E-state index >= 15 is 0 Å². The molecule has 2 aliphatic rings. The number of hydrogen-bond acceptors (Lipinski definition) is 4. The van der Waals surface area contributed by atoms with Crippen molar-refractivity contribution < 1.29 is 9.53 Å². The Hall–Kier alpha value is -1.66. The summed E-state index contributed by atoms with van der Waals surface area (Å²) in [4.78, 5) is 17.5. The number of aryl methyl sites for hydroxylation is 1. The summed E-state index contributed by atoms with van der Waals surface area (Å²) in [5.41, 5.74) is 4.25. The molecular formula is C22H36N4O2. The first-order chi connectivity index (χ1) is 13.4. The lowest BCUT2D eigenvalue weighted by atomic mass is 9.89. The van der Waals surface area contributed by atoms with Crippen LogP contribution in [0.1, 0.15) is 62.9 Å². The summed E-state index contributed by atoms with van der Waals surface area (Å²) in [6, 6.07) is 0. The number of methoxy groups -OCH3 is 1. The maximum absolute atomic E-state index is 13.3. The van der Waals surface area contributed by atoms with E-state index in [0.717, 1.165) is 51.0 Å². The summed E-state index contributed by atoms with van der Waals surface area (Å²) < 4.78 is 5.83. The van der Waals surface area contributed by atoms with Gasteiger partial charge in [-0.3, -0.25) is 14.8 Å². The van der Waals surface area contributed by atoms with Crippen LogP contribution in [0.25, 0.3) is 0 Å². The zero-order chi connectivity index (χ0) is 20.1. The summed E-state index contributed by atoms with van der Waals surface area (Å²) in [5, 5.41) is 7.75. The third-order valence-corrected chi connectivity index (χ3v) is 6.33. The summed E-state index contributed by atoms with van der Waals surface area (Å²) >= 11 is 0. The Bertz CT molecular complexity index is 697. The second-order valence-electron chi connectivity index (χ2n) is 8.63. The van der Waals surface area contributed by atoms with Crippen LogP contribution in [-0.2, 0) is 28.9 Å². The molecular weight excluding hydrogens is 352 g/mol. The number of aromatic nitrogens is 2. The van der Waals surface area contributed by atoms with Gasteiger partial charge in [0.25, 0.3) is 5.91 Å². The summed E-state index contributed by atoms with van der Waals surface area (Å²) in [6.45, 7) is 7.52. The number of carbonyl (C=O) groups excluding carboxylic acids is 1. The highest BCUT2D eigenvalue weighted by Crippen LogP contribution is 2.29. The number of nitrogens with zero attached hydrogens (tertiary/aromatic N) is 3. The van der Waals surface area contributed by atoms with Crippen molar-refractivity contribution in [2.45, 2.75) is 70.9 Å². The van der Waals surface area contributed by atoms with Crippen LogP contribution in [0.2, 0.25) is 0 Å². The van der Waals surface area contributed by atoms with Crippen LogP contribution < -0.4 is 0 Å². The monoisotopic (exact) mass is 388 g/mol. The number of piperidine rings is 1. The molecule has 1 fully saturated rings. The predicted molar refractivity (Wildman–Crippen MR) is 111 cm³/mol. The van der Waals surface area contributed by atoms with Gasteiger partial charge in [-0.2, -0.15) is 5.10 Å². The smallest absolute Gasteiger partial charge is 0.255 e.